The molecule has 0 spiro atoms. The first-order valence-electron chi connectivity index (χ1n) is 0. The van der Waals surface area contributed by atoms with Crippen LogP contribution in [-0.2, 0) is 34.4 Å². The van der Waals surface area contributed by atoms with Crippen LogP contribution in [0, 0.1) is 0 Å². The van der Waals surface area contributed by atoms with Crippen LogP contribution in [-0.4, -0.2) is 0 Å². The molecular weight excluding hydrogens is 154 g/mol. The van der Waals surface area contributed by atoms with Crippen LogP contribution in [0.15, 0.2) is 0 Å². The molecule has 0 aromatic rings. The third-order valence-electron chi connectivity index (χ3n) is 0. The van der Waals surface area contributed by atoms with Crippen LogP contribution in [0.1, 0.15) is 0 Å². The molecule has 0 unspecified atom stereocenters. The predicted octanol–water partition coefficient (Wildman–Crippen LogP) is 0.270. The van der Waals surface area contributed by atoms with Gasteiger partial charge in [-0.05, 0) is 0 Å². The van der Waals surface area contributed by atoms with E-state index in [9.17, 15) is 0 Å². The second-order valence-electron chi connectivity index (χ2n) is 0. The van der Waals surface area contributed by atoms with Crippen LogP contribution < -0.4 is 6.15 Å². The van der Waals surface area contributed by atoms with Crippen molar-refractivity contribution in [3.05, 3.63) is 0 Å². The summed E-state index contributed by atoms with van der Waals surface area (Å²) in [7, 11) is 0. The van der Waals surface area contributed by atoms with E-state index >= 15 is 0 Å². The van der Waals surface area contributed by atoms with Crippen LogP contribution in [0.25, 0.3) is 0 Å². The summed E-state index contributed by atoms with van der Waals surface area (Å²) in [5.74, 6) is 0. The molecule has 0 heterocycles. The third-order valence-corrected chi connectivity index (χ3v) is 0. The molecule has 0 saturated heterocycles. The molecule has 0 aromatic heterocycles. The van der Waals surface area contributed by atoms with Gasteiger partial charge >= 0.3 is 0 Å². The van der Waals surface area contributed by atoms with Crippen molar-refractivity contribution < 1.29 is 34.4 Å². The predicted molar refractivity (Wildman–Crippen MR) is 15.4 cm³/mol. The van der Waals surface area contributed by atoms with Gasteiger partial charge in [-0.25, -0.2) is 0 Å². The summed E-state index contributed by atoms with van der Waals surface area (Å²) in [6.45, 7) is 0. The zero-order chi connectivity index (χ0) is 0. The van der Waals surface area contributed by atoms with E-state index in [0.717, 1.165) is 0 Å². The molecule has 0 rings (SSSR count). The maximum Gasteiger partial charge on any atom is 0 e. The summed E-state index contributed by atoms with van der Waals surface area (Å²) in [5, 5.41) is 0. The monoisotopic (exact) mass is 159 g/mol. The number of hydrogen-bond donors (Lipinski definition) is 1. The van der Waals surface area contributed by atoms with E-state index in [2.05, 4.69) is 0 Å². The van der Waals surface area contributed by atoms with E-state index < -0.39 is 0 Å². The Balaban J connectivity index is 0. The van der Waals surface area contributed by atoms with Gasteiger partial charge in [0.25, 0.3) is 0 Å². The Morgan fingerprint density at radius 3 is 1.00 bits per heavy atom. The van der Waals surface area contributed by atoms with Crippen LogP contribution >= 0.6 is 13.5 Å². The van der Waals surface area contributed by atoms with E-state index in [-0.39, 0.29) is 54.1 Å². The van der Waals surface area contributed by atoms with Gasteiger partial charge in [0.05, 0.1) is 0 Å². The van der Waals surface area contributed by atoms with Crippen molar-refractivity contribution in [2.75, 3.05) is 0 Å². The van der Waals surface area contributed by atoms with Gasteiger partial charge in [-0.3, -0.25) is 0 Å². The quantitative estimate of drug-likeness (QED) is 0.505. The van der Waals surface area contributed by atoms with Gasteiger partial charge in [-0.2, -0.15) is 13.5 Å². The van der Waals surface area contributed by atoms with Crippen LogP contribution in [0.4, 0.5) is 0 Å². The minimum absolute atomic E-state index is 0. The summed E-state index contributed by atoms with van der Waals surface area (Å²) in [4.78, 5) is 0. The van der Waals surface area contributed by atoms with E-state index in [4.69, 9.17) is 0 Å². The first kappa shape index (κ1) is 55.0. The first-order valence-corrected chi connectivity index (χ1v) is 0. The Morgan fingerprint density at radius 2 is 1.00 bits per heavy atom. The summed E-state index contributed by atoms with van der Waals surface area (Å²) in [5.41, 5.74) is 0. The van der Waals surface area contributed by atoms with Gasteiger partial charge in [0, 0.05) is 34.4 Å². The summed E-state index contributed by atoms with van der Waals surface area (Å²) < 4.78 is 0. The maximum atomic E-state index is 0. The van der Waals surface area contributed by atoms with Gasteiger partial charge < -0.3 is 6.15 Å². The van der Waals surface area contributed by atoms with Crippen LogP contribution in [0.3, 0.4) is 0 Å². The van der Waals surface area contributed by atoms with Gasteiger partial charge in [0.1, 0.15) is 0 Å². The van der Waals surface area contributed by atoms with Crippen molar-refractivity contribution in [1.29, 1.82) is 0 Å². The molecule has 0 fully saturated rings. The van der Waals surface area contributed by atoms with Gasteiger partial charge in [0.15, 0.2) is 0 Å². The van der Waals surface area contributed by atoms with Crippen molar-refractivity contribution in [3.63, 3.8) is 0 Å². The Morgan fingerprint density at radius 1 is 1.00 bits per heavy atom. The average Bonchev–Trinajstić information content (AvgIpc) is 0. The molecule has 30 valence electrons. The molecule has 4 heteroatoms. The molecule has 0 radical (unpaired) electrons. The molecule has 0 aliphatic heterocycles. The van der Waals surface area contributed by atoms with Crippen molar-refractivity contribution in [2.45, 2.75) is 0 Å². The van der Waals surface area contributed by atoms with E-state index in [1.165, 1.54) is 0 Å². The molecule has 0 saturated carbocycles. The number of hydrogen-bond acceptors (Lipinski definition) is 1. The molecule has 0 aliphatic rings. The fourth-order valence-corrected chi connectivity index (χ4v) is 0. The van der Waals surface area contributed by atoms with Crippen LogP contribution in [0.5, 0.6) is 0 Å². The Hall–Kier alpha value is 1.36. The third kappa shape index (κ3) is 10.1. The Labute approximate surface area is 54.2 Å². The molecule has 0 amide bonds. The Bertz CT molecular complexity index is 8.00. The van der Waals surface area contributed by atoms with E-state index in [1.807, 2.05) is 0 Å². The zero-order valence-electron chi connectivity index (χ0n) is 1.97. The summed E-state index contributed by atoms with van der Waals surface area (Å²) in [6.07, 6.45) is 0. The normalized spacial score (nSPS) is 0. The van der Waals surface area contributed by atoms with Gasteiger partial charge in [-0.15, -0.1) is 0 Å². The maximum absolute atomic E-state index is 0. The summed E-state index contributed by atoms with van der Waals surface area (Å²) in [6, 6.07) is 0. The minimum Gasteiger partial charge on any atom is -0.344 e. The van der Waals surface area contributed by atoms with Crippen molar-refractivity contribution >= 4 is 13.5 Å². The molecule has 3 N–H and O–H groups in total. The molecule has 1 nitrogen and oxygen atoms in total. The second-order valence-corrected chi connectivity index (χ2v) is 0. The fourth-order valence-electron chi connectivity index (χ4n) is 0. The Kier molecular flexibility index (Phi) is 365. The van der Waals surface area contributed by atoms with Crippen LogP contribution in [0.2, 0.25) is 0 Å². The standard InChI is InChI=1S/Cr.Fe.H3N.H2S/h;;1H3;1H2. The SMILES string of the molecule is N.S.[Cr].[Fe]. The molecular formula is H5CrFeNS. The molecule has 0 bridgehead atoms. The van der Waals surface area contributed by atoms with Crippen molar-refractivity contribution in [2.24, 2.45) is 0 Å². The first-order chi connectivity index (χ1) is 0. The topological polar surface area (TPSA) is 35.0 Å². The zero-order valence-corrected chi connectivity index (χ0v) is 5.35. The van der Waals surface area contributed by atoms with E-state index in [0.29, 0.717) is 0 Å². The second kappa shape index (κ2) is 26.6. The average molecular weight is 159 g/mol. The van der Waals surface area contributed by atoms with Crippen molar-refractivity contribution in [3.8, 4) is 0 Å². The van der Waals surface area contributed by atoms with Gasteiger partial charge in [-0.1, -0.05) is 0 Å². The minimum atomic E-state index is 0. The number of rotatable bonds is 0. The largest absolute Gasteiger partial charge is 0.344 e. The molecule has 0 aliphatic carbocycles. The molecule has 0 aromatic carbocycles. The van der Waals surface area contributed by atoms with Crippen molar-refractivity contribution in [1.82, 2.24) is 6.15 Å². The smallest absolute Gasteiger partial charge is 0 e. The molecule has 4 heavy (non-hydrogen) atoms. The van der Waals surface area contributed by atoms with Gasteiger partial charge in [0.2, 0.25) is 0 Å². The fraction of sp³-hybridized carbons (Fsp3) is 0. The molecule has 0 atom stereocenters. The van der Waals surface area contributed by atoms with E-state index in [1.54, 1.807) is 0 Å². The summed E-state index contributed by atoms with van der Waals surface area (Å²) >= 11 is 0.